The maximum Gasteiger partial charge on any atom is 0.243 e. The largest absolute Gasteiger partial charge is 0.305 e. The zero-order valence-electron chi connectivity index (χ0n) is 25.2. The van der Waals surface area contributed by atoms with Crippen molar-refractivity contribution in [3.05, 3.63) is 0 Å². The number of hydrogen-bond acceptors (Lipinski definition) is 2. The van der Waals surface area contributed by atoms with Crippen LogP contribution in [0.2, 0.25) is 0 Å². The summed E-state index contributed by atoms with van der Waals surface area (Å²) >= 11 is 0. The Morgan fingerprint density at radius 2 is 0.562 bits per heavy atom. The van der Waals surface area contributed by atoms with E-state index >= 15 is 0 Å². The minimum absolute atomic E-state index is 0.118. The highest BCUT2D eigenvalue weighted by Gasteiger charge is 2.46. The molecule has 0 aliphatic rings. The maximum absolute atomic E-state index is 2.91. The summed E-state index contributed by atoms with van der Waals surface area (Å²) in [6.45, 7) is 39.6. The Morgan fingerprint density at radius 1 is 0.375 bits per heavy atom. The average molecular weight is 521 g/mol. The molecule has 0 bridgehead atoms. The molecule has 0 N–H and O–H groups in total. The fraction of sp³-hybridized carbons (Fsp3) is 1.00. The topological polar surface area (TPSA) is 6.48 Å². The van der Waals surface area contributed by atoms with E-state index in [0.717, 1.165) is 0 Å². The van der Waals surface area contributed by atoms with Crippen LogP contribution in [0.25, 0.3) is 0 Å². The molecule has 0 heterocycles. The molecule has 8 heteroatoms. The van der Waals surface area contributed by atoms with Gasteiger partial charge in [-0.2, -0.15) is 10.0 Å². The number of nitrogens with zero attached hydrogens (tertiary/aromatic N) is 4. The normalized spacial score (nSPS) is 15.9. The first kappa shape index (κ1) is 32.7. The van der Waals surface area contributed by atoms with E-state index < -0.39 is 0 Å². The molecule has 0 fully saturated rings. The molecule has 0 saturated heterocycles. The van der Waals surface area contributed by atoms with Crippen LogP contribution in [-0.2, 0) is 0 Å². The third-order valence-corrected chi connectivity index (χ3v) is 45.4. The van der Waals surface area contributed by atoms with Gasteiger partial charge in [-0.25, -0.2) is 0 Å². The van der Waals surface area contributed by atoms with Crippen LogP contribution in [0.4, 0.5) is 0 Å². The SMILES string of the molecule is CC(C)N(C(C)C)[N+]([SiH2][SiH2][SiH2][SiH2][N+](C(C)C)(C(C)C)N(C(C)C)C(C)C)(C(C)C)C(C)C. The van der Waals surface area contributed by atoms with Crippen LogP contribution in [0.1, 0.15) is 111 Å². The molecule has 0 radical (unpaired) electrons. The van der Waals surface area contributed by atoms with Crippen molar-refractivity contribution in [1.82, 2.24) is 10.0 Å². The van der Waals surface area contributed by atoms with E-state index in [1.807, 2.05) is 0 Å². The standard InChI is InChI=1S/C24H64N4Si4/c1-17(2)25(18(3)4)27(21(9)10,22(11)12)29-31-32-30-28(23(13)14,24(15)16)26(19(5)6)20(7)8/h17-24H,29-32H2,1-16H3/q+2. The van der Waals surface area contributed by atoms with E-state index in [9.17, 15) is 0 Å². The van der Waals surface area contributed by atoms with Crippen molar-refractivity contribution in [3.8, 4) is 0 Å². The lowest BCUT2D eigenvalue weighted by atomic mass is 10.2. The first-order valence-corrected chi connectivity index (χ1v) is 27.1. The lowest BCUT2D eigenvalue weighted by molar-refractivity contribution is -0.984. The minimum atomic E-state index is -0.121. The van der Waals surface area contributed by atoms with Gasteiger partial charge in [-0.3, -0.25) is 0 Å². The predicted octanol–water partition coefficient (Wildman–Crippen LogP) is 2.57. The summed E-state index contributed by atoms with van der Waals surface area (Å²) in [5, 5.41) is 5.82. The van der Waals surface area contributed by atoms with Crippen LogP contribution in [0.5, 0.6) is 0 Å². The molecule has 0 unspecified atom stereocenters. The highest BCUT2D eigenvalue weighted by atomic mass is 29.7. The van der Waals surface area contributed by atoms with Gasteiger partial charge in [-0.05, 0) is 111 Å². The quantitative estimate of drug-likeness (QED) is 0.186. The molecule has 0 aliphatic carbocycles. The molecule has 0 spiro atoms. The Morgan fingerprint density at radius 3 is 0.688 bits per heavy atom. The fourth-order valence-electron chi connectivity index (χ4n) is 7.17. The van der Waals surface area contributed by atoms with Gasteiger partial charge in [0.05, 0.1) is 65.4 Å². The molecule has 0 saturated carbocycles. The van der Waals surface area contributed by atoms with Crippen molar-refractivity contribution in [2.24, 2.45) is 0 Å². The molecule has 0 atom stereocenters. The third kappa shape index (κ3) is 7.12. The van der Waals surface area contributed by atoms with Gasteiger partial charge >= 0.3 is 0 Å². The molecule has 32 heavy (non-hydrogen) atoms. The highest BCUT2D eigenvalue weighted by molar-refractivity contribution is 7.42. The molecular formula is C24H64N4Si4+2. The highest BCUT2D eigenvalue weighted by Crippen LogP contribution is 2.28. The van der Waals surface area contributed by atoms with Gasteiger partial charge in [0.2, 0.25) is 18.4 Å². The Balaban J connectivity index is 5.94. The van der Waals surface area contributed by atoms with Gasteiger partial charge in [0, 0.05) is 0 Å². The first-order chi connectivity index (χ1) is 14.5. The van der Waals surface area contributed by atoms with Crippen molar-refractivity contribution in [1.29, 1.82) is 0 Å². The summed E-state index contributed by atoms with van der Waals surface area (Å²) in [5.41, 5.74) is 0. The Bertz CT molecular complexity index is 444. The number of hydrogen-bond donors (Lipinski definition) is 0. The Hall–Kier alpha value is 0.708. The van der Waals surface area contributed by atoms with E-state index in [2.05, 4.69) is 121 Å². The smallest absolute Gasteiger partial charge is 0.243 e. The van der Waals surface area contributed by atoms with Crippen LogP contribution >= 0.6 is 0 Å². The van der Waals surface area contributed by atoms with Crippen molar-refractivity contribution in [3.63, 3.8) is 0 Å². The van der Waals surface area contributed by atoms with Gasteiger partial charge in [-0.15, -0.1) is 0 Å². The summed E-state index contributed by atoms with van der Waals surface area (Å²) in [4.78, 5) is 0. The molecule has 0 amide bonds. The van der Waals surface area contributed by atoms with Crippen molar-refractivity contribution < 1.29 is 8.52 Å². The lowest BCUT2D eigenvalue weighted by Gasteiger charge is -2.58. The second kappa shape index (κ2) is 13.7. The second-order valence-corrected chi connectivity index (χ2v) is 36.4. The molecular weight excluding hydrogens is 457 g/mol. The monoisotopic (exact) mass is 520 g/mol. The van der Waals surface area contributed by atoms with Crippen molar-refractivity contribution >= 4 is 35.5 Å². The van der Waals surface area contributed by atoms with Crippen molar-refractivity contribution in [2.75, 3.05) is 0 Å². The summed E-state index contributed by atoms with van der Waals surface area (Å²) < 4.78 is 2.70. The molecule has 0 aliphatic heterocycles. The zero-order chi connectivity index (χ0) is 25.6. The zero-order valence-corrected chi connectivity index (χ0v) is 30.9. The van der Waals surface area contributed by atoms with Gasteiger partial charge < -0.3 is 8.52 Å². The molecule has 4 nitrogen and oxygen atoms in total. The second-order valence-electron chi connectivity index (χ2n) is 12.4. The van der Waals surface area contributed by atoms with Crippen LogP contribution in [0.15, 0.2) is 0 Å². The summed E-state index contributed by atoms with van der Waals surface area (Å²) in [5.74, 6) is 0. The van der Waals surface area contributed by atoms with E-state index in [0.29, 0.717) is 48.3 Å². The van der Waals surface area contributed by atoms with Crippen LogP contribution < -0.4 is 0 Å². The predicted molar refractivity (Wildman–Crippen MR) is 159 cm³/mol. The first-order valence-electron chi connectivity index (χ1n) is 13.8. The van der Waals surface area contributed by atoms with Gasteiger partial charge in [0.15, 0.2) is 0 Å². The minimum Gasteiger partial charge on any atom is -0.305 e. The molecule has 0 aromatic rings. The third-order valence-electron chi connectivity index (χ3n) is 7.84. The fourth-order valence-corrected chi connectivity index (χ4v) is 49.6. The summed E-state index contributed by atoms with van der Waals surface area (Å²) in [7, 11) is -0.00592. The van der Waals surface area contributed by atoms with Crippen LogP contribution in [0, 0.1) is 0 Å². The summed E-state index contributed by atoms with van der Waals surface area (Å²) in [6, 6.07) is 5.35. The molecule has 194 valence electrons. The van der Waals surface area contributed by atoms with E-state index in [-0.39, 0.29) is 35.5 Å². The molecule has 0 aromatic carbocycles. The van der Waals surface area contributed by atoms with Gasteiger partial charge in [0.1, 0.15) is 0 Å². The molecule has 0 rings (SSSR count). The van der Waals surface area contributed by atoms with E-state index in [4.69, 9.17) is 0 Å². The summed E-state index contributed by atoms with van der Waals surface area (Å²) in [6.07, 6.45) is 0. The van der Waals surface area contributed by atoms with Crippen LogP contribution in [0.3, 0.4) is 0 Å². The number of quaternary nitrogens is 2. The average Bonchev–Trinajstić information content (AvgIpc) is 2.60. The van der Waals surface area contributed by atoms with Crippen molar-refractivity contribution in [2.45, 2.75) is 159 Å². The maximum atomic E-state index is 2.91. The van der Waals surface area contributed by atoms with E-state index in [1.54, 1.807) is 0 Å². The Labute approximate surface area is 212 Å². The molecule has 0 aromatic heterocycles. The number of rotatable bonds is 15. The lowest BCUT2D eigenvalue weighted by Crippen LogP contribution is -2.75. The van der Waals surface area contributed by atoms with Gasteiger partial charge in [-0.1, -0.05) is 0 Å². The van der Waals surface area contributed by atoms with Crippen LogP contribution in [-0.4, -0.2) is 102 Å². The van der Waals surface area contributed by atoms with E-state index in [1.165, 1.54) is 8.52 Å². The Kier molecular flexibility index (Phi) is 14.0. The van der Waals surface area contributed by atoms with Gasteiger partial charge in [0.25, 0.3) is 0 Å².